The lowest BCUT2D eigenvalue weighted by Crippen LogP contribution is -2.03. The molecule has 0 saturated carbocycles. The third-order valence-electron chi connectivity index (χ3n) is 5.74. The predicted molar refractivity (Wildman–Crippen MR) is 144 cm³/mol. The van der Waals surface area contributed by atoms with Crippen LogP contribution in [0.3, 0.4) is 0 Å². The number of aromatic nitrogens is 1. The number of nitrogens with zero attached hydrogens (tertiary/aromatic N) is 2. The fraction of sp³-hybridized carbons (Fsp3) is 0.0667. The second-order valence-electron chi connectivity index (χ2n) is 8.23. The minimum Gasteiger partial charge on any atom is -0.465 e. The quantitative estimate of drug-likeness (QED) is 0.172. The smallest absolute Gasteiger partial charge is 0.337 e. The highest BCUT2D eigenvalue weighted by Gasteiger charge is 2.10. The zero-order valence-corrected chi connectivity index (χ0v) is 20.4. The number of halogens is 1. The third kappa shape index (κ3) is 5.32. The first kappa shape index (κ1) is 23.4. The van der Waals surface area contributed by atoms with Gasteiger partial charge in [-0.15, -0.1) is 0 Å². The molecule has 5 aromatic rings. The van der Waals surface area contributed by atoms with E-state index in [0.717, 1.165) is 27.7 Å². The van der Waals surface area contributed by atoms with Crippen molar-refractivity contribution in [3.63, 3.8) is 0 Å². The SMILES string of the molecule is COC(=O)c1cccc(Cn2cc(C=Nc3ccc(Oc4cccc(Cl)c4)cc3)c3ccccc32)c1. The molecular weight excluding hydrogens is 472 g/mol. The molecule has 0 fully saturated rings. The molecule has 36 heavy (non-hydrogen) atoms. The molecule has 0 unspecified atom stereocenters. The lowest BCUT2D eigenvalue weighted by atomic mass is 10.1. The van der Waals surface area contributed by atoms with Crippen LogP contribution >= 0.6 is 11.6 Å². The first-order valence-corrected chi connectivity index (χ1v) is 11.8. The maximum atomic E-state index is 11.9. The zero-order valence-electron chi connectivity index (χ0n) is 19.6. The molecule has 0 atom stereocenters. The molecule has 0 N–H and O–H groups in total. The topological polar surface area (TPSA) is 52.8 Å². The molecule has 0 radical (unpaired) electrons. The molecule has 1 aromatic heterocycles. The van der Waals surface area contributed by atoms with Crippen molar-refractivity contribution >= 4 is 40.4 Å². The Morgan fingerprint density at radius 1 is 0.917 bits per heavy atom. The van der Waals surface area contributed by atoms with Gasteiger partial charge in [-0.3, -0.25) is 4.99 Å². The van der Waals surface area contributed by atoms with Gasteiger partial charge in [0.2, 0.25) is 0 Å². The third-order valence-corrected chi connectivity index (χ3v) is 5.98. The number of rotatable bonds is 7. The molecule has 0 aliphatic rings. The van der Waals surface area contributed by atoms with E-state index in [1.807, 2.05) is 79.0 Å². The fourth-order valence-corrected chi connectivity index (χ4v) is 4.21. The predicted octanol–water partition coefficient (Wildman–Crippen LogP) is 7.67. The summed E-state index contributed by atoms with van der Waals surface area (Å²) in [7, 11) is 1.39. The van der Waals surface area contributed by atoms with Crippen LogP contribution in [0.25, 0.3) is 10.9 Å². The summed E-state index contributed by atoms with van der Waals surface area (Å²) < 4.78 is 12.9. The van der Waals surface area contributed by atoms with Gasteiger partial charge in [0, 0.05) is 40.4 Å². The van der Waals surface area contributed by atoms with Gasteiger partial charge in [0.05, 0.1) is 18.4 Å². The van der Waals surface area contributed by atoms with Gasteiger partial charge in [-0.1, -0.05) is 48.0 Å². The monoisotopic (exact) mass is 494 g/mol. The Hall–Kier alpha value is -4.35. The van der Waals surface area contributed by atoms with Gasteiger partial charge >= 0.3 is 5.97 Å². The molecule has 178 valence electrons. The van der Waals surface area contributed by atoms with E-state index in [1.54, 1.807) is 12.1 Å². The minimum atomic E-state index is -0.342. The van der Waals surface area contributed by atoms with Crippen LogP contribution in [0.5, 0.6) is 11.5 Å². The Kier molecular flexibility index (Phi) is 6.83. The van der Waals surface area contributed by atoms with Crippen molar-refractivity contribution in [1.82, 2.24) is 4.57 Å². The number of aliphatic imine (C=N–C) groups is 1. The van der Waals surface area contributed by atoms with Crippen molar-refractivity contribution in [3.05, 3.63) is 125 Å². The first-order chi connectivity index (χ1) is 17.6. The number of methoxy groups -OCH3 is 1. The molecular formula is C30H23ClN2O3. The van der Waals surface area contributed by atoms with Gasteiger partial charge in [-0.05, 0) is 66.2 Å². The van der Waals surface area contributed by atoms with Crippen molar-refractivity contribution in [1.29, 1.82) is 0 Å². The molecule has 0 spiro atoms. The number of para-hydroxylation sites is 1. The summed E-state index contributed by atoms with van der Waals surface area (Å²) in [6, 6.07) is 30.6. The maximum absolute atomic E-state index is 11.9. The van der Waals surface area contributed by atoms with E-state index in [9.17, 15) is 4.79 Å². The minimum absolute atomic E-state index is 0.342. The molecule has 0 bridgehead atoms. The van der Waals surface area contributed by atoms with Crippen molar-refractivity contribution in [2.24, 2.45) is 4.99 Å². The van der Waals surface area contributed by atoms with Crippen LogP contribution in [0.2, 0.25) is 5.02 Å². The number of carbonyl (C=O) groups excluding carboxylic acids is 1. The molecule has 0 amide bonds. The number of esters is 1. The molecule has 6 heteroatoms. The van der Waals surface area contributed by atoms with E-state index in [2.05, 4.69) is 27.9 Å². The van der Waals surface area contributed by atoms with Crippen LogP contribution in [0.15, 0.2) is 108 Å². The average Bonchev–Trinajstić information content (AvgIpc) is 3.25. The van der Waals surface area contributed by atoms with E-state index in [0.29, 0.717) is 28.6 Å². The van der Waals surface area contributed by atoms with Crippen LogP contribution in [0.1, 0.15) is 21.5 Å². The number of hydrogen-bond donors (Lipinski definition) is 0. The molecule has 5 rings (SSSR count). The van der Waals surface area contributed by atoms with E-state index in [-0.39, 0.29) is 5.97 Å². The van der Waals surface area contributed by atoms with E-state index in [1.165, 1.54) is 7.11 Å². The molecule has 0 aliphatic carbocycles. The Morgan fingerprint density at radius 3 is 2.53 bits per heavy atom. The Balaban J connectivity index is 1.36. The van der Waals surface area contributed by atoms with Gasteiger partial charge in [0.15, 0.2) is 0 Å². The number of fused-ring (bicyclic) bond motifs is 1. The van der Waals surface area contributed by atoms with E-state index in [4.69, 9.17) is 21.1 Å². The van der Waals surface area contributed by atoms with Gasteiger partial charge < -0.3 is 14.0 Å². The summed E-state index contributed by atoms with van der Waals surface area (Å²) in [5.74, 6) is 1.05. The van der Waals surface area contributed by atoms with Crippen LogP contribution in [-0.2, 0) is 11.3 Å². The first-order valence-electron chi connectivity index (χ1n) is 11.4. The van der Waals surface area contributed by atoms with Crippen LogP contribution < -0.4 is 4.74 Å². The highest BCUT2D eigenvalue weighted by molar-refractivity contribution is 6.30. The number of ether oxygens (including phenoxy) is 2. The highest BCUT2D eigenvalue weighted by Crippen LogP contribution is 2.27. The normalized spacial score (nSPS) is 11.2. The largest absolute Gasteiger partial charge is 0.465 e. The van der Waals surface area contributed by atoms with Gasteiger partial charge in [-0.25, -0.2) is 4.79 Å². The summed E-state index contributed by atoms with van der Waals surface area (Å²) in [6.45, 7) is 0.620. The fourth-order valence-electron chi connectivity index (χ4n) is 4.03. The second kappa shape index (κ2) is 10.5. The summed E-state index contributed by atoms with van der Waals surface area (Å²) >= 11 is 6.03. The van der Waals surface area contributed by atoms with Crippen molar-refractivity contribution in [2.75, 3.05) is 7.11 Å². The van der Waals surface area contributed by atoms with Crippen LogP contribution in [0, 0.1) is 0 Å². The number of hydrogen-bond acceptors (Lipinski definition) is 4. The summed E-state index contributed by atoms with van der Waals surface area (Å²) in [5.41, 5.74) is 4.46. The van der Waals surface area contributed by atoms with Crippen LogP contribution in [-0.4, -0.2) is 23.9 Å². The van der Waals surface area contributed by atoms with E-state index < -0.39 is 0 Å². The number of benzene rings is 4. The summed E-state index contributed by atoms with van der Waals surface area (Å²) in [5, 5.41) is 1.73. The number of carbonyl (C=O) groups is 1. The van der Waals surface area contributed by atoms with Gasteiger partial charge in [0.1, 0.15) is 11.5 Å². The van der Waals surface area contributed by atoms with E-state index >= 15 is 0 Å². The lowest BCUT2D eigenvalue weighted by Gasteiger charge is -2.07. The van der Waals surface area contributed by atoms with Crippen molar-refractivity contribution < 1.29 is 14.3 Å². The maximum Gasteiger partial charge on any atom is 0.337 e. The lowest BCUT2D eigenvalue weighted by molar-refractivity contribution is 0.0600. The highest BCUT2D eigenvalue weighted by atomic mass is 35.5. The van der Waals surface area contributed by atoms with Crippen molar-refractivity contribution in [3.8, 4) is 11.5 Å². The molecule has 4 aromatic carbocycles. The second-order valence-corrected chi connectivity index (χ2v) is 8.67. The van der Waals surface area contributed by atoms with Gasteiger partial charge in [-0.2, -0.15) is 0 Å². The Bertz CT molecular complexity index is 1550. The summed E-state index contributed by atoms with van der Waals surface area (Å²) in [4.78, 5) is 16.6. The molecule has 0 saturated heterocycles. The summed E-state index contributed by atoms with van der Waals surface area (Å²) in [6.07, 6.45) is 3.95. The van der Waals surface area contributed by atoms with Gasteiger partial charge in [0.25, 0.3) is 0 Å². The molecule has 0 aliphatic heterocycles. The average molecular weight is 495 g/mol. The zero-order chi connectivity index (χ0) is 24.9. The molecule has 1 heterocycles. The van der Waals surface area contributed by atoms with Crippen molar-refractivity contribution in [2.45, 2.75) is 6.54 Å². The standard InChI is InChI=1S/C30H23ClN2O3/c1-35-30(34)22-7-4-6-21(16-22)19-33-20-23(28-10-2-3-11-29(28)33)18-32-25-12-14-26(15-13-25)36-27-9-5-8-24(31)17-27/h2-18,20H,19H2,1H3. The Labute approximate surface area is 214 Å². The van der Waals surface area contributed by atoms with Crippen LogP contribution in [0.4, 0.5) is 5.69 Å². The Morgan fingerprint density at radius 2 is 1.72 bits per heavy atom. The molecule has 5 nitrogen and oxygen atoms in total.